The zero-order valence-corrected chi connectivity index (χ0v) is 15.8. The number of ether oxygens (including phenoxy) is 4. The quantitative estimate of drug-likeness (QED) is 0.606. The predicted octanol–water partition coefficient (Wildman–Crippen LogP) is 2.74. The van der Waals surface area contributed by atoms with Crippen LogP contribution in [-0.2, 0) is 0 Å². The normalized spacial score (nSPS) is 16.6. The van der Waals surface area contributed by atoms with Crippen molar-refractivity contribution >= 4 is 0 Å². The fourth-order valence-electron chi connectivity index (χ4n) is 3.72. The number of methoxy groups -OCH3 is 1. The lowest BCUT2D eigenvalue weighted by atomic mass is 9.83. The molecule has 5 rings (SSSR count). The van der Waals surface area contributed by atoms with Gasteiger partial charge < -0.3 is 29.8 Å². The molecule has 150 valence electrons. The van der Waals surface area contributed by atoms with Crippen LogP contribution in [0, 0.1) is 11.3 Å². The van der Waals surface area contributed by atoms with Crippen molar-refractivity contribution < 1.29 is 24.1 Å². The first kappa shape index (κ1) is 17.8. The second-order valence-electron chi connectivity index (χ2n) is 6.74. The number of phenols is 1. The molecule has 2 aliphatic rings. The second kappa shape index (κ2) is 6.63. The SMILES string of the molecule is COc1cc([C@@H]2C(C#N)=C(N)Oc3n[nH]c(-c4ccc5c(c4)OCO5)c32)ccc1O. The largest absolute Gasteiger partial charge is 0.504 e. The number of nitrogens with two attached hydrogens (primary N) is 1. The highest BCUT2D eigenvalue weighted by Crippen LogP contribution is 2.47. The van der Waals surface area contributed by atoms with E-state index in [4.69, 9.17) is 24.7 Å². The van der Waals surface area contributed by atoms with Gasteiger partial charge in [-0.3, -0.25) is 5.10 Å². The van der Waals surface area contributed by atoms with Crippen molar-refractivity contribution in [3.63, 3.8) is 0 Å². The molecule has 0 amide bonds. The number of hydrogen-bond donors (Lipinski definition) is 3. The minimum Gasteiger partial charge on any atom is -0.504 e. The molecule has 3 heterocycles. The monoisotopic (exact) mass is 404 g/mol. The van der Waals surface area contributed by atoms with Crippen LogP contribution < -0.4 is 24.7 Å². The van der Waals surface area contributed by atoms with E-state index in [9.17, 15) is 10.4 Å². The molecule has 0 saturated heterocycles. The van der Waals surface area contributed by atoms with E-state index in [0.717, 1.165) is 5.56 Å². The van der Waals surface area contributed by atoms with Crippen molar-refractivity contribution in [3.05, 3.63) is 59.0 Å². The molecule has 0 aliphatic carbocycles. The topological polar surface area (TPSA) is 136 Å². The third-order valence-corrected chi connectivity index (χ3v) is 5.14. The van der Waals surface area contributed by atoms with E-state index in [1.54, 1.807) is 12.1 Å². The molecular weight excluding hydrogens is 388 g/mol. The van der Waals surface area contributed by atoms with E-state index in [-0.39, 0.29) is 35.6 Å². The van der Waals surface area contributed by atoms with E-state index < -0.39 is 5.92 Å². The van der Waals surface area contributed by atoms with Crippen LogP contribution in [0.3, 0.4) is 0 Å². The number of aromatic nitrogens is 2. The Kier molecular flexibility index (Phi) is 3.93. The van der Waals surface area contributed by atoms with Gasteiger partial charge in [0.15, 0.2) is 23.0 Å². The van der Waals surface area contributed by atoms with Gasteiger partial charge in [0.2, 0.25) is 18.6 Å². The third kappa shape index (κ3) is 2.58. The first-order valence-electron chi connectivity index (χ1n) is 9.03. The Morgan fingerprint density at radius 2 is 2.07 bits per heavy atom. The minimum absolute atomic E-state index is 0.00724. The zero-order chi connectivity index (χ0) is 20.8. The molecule has 0 unspecified atom stereocenters. The van der Waals surface area contributed by atoms with Gasteiger partial charge >= 0.3 is 0 Å². The van der Waals surface area contributed by atoms with Crippen LogP contribution in [0.15, 0.2) is 47.9 Å². The fourth-order valence-corrected chi connectivity index (χ4v) is 3.72. The number of nitrogens with zero attached hydrogens (tertiary/aromatic N) is 2. The van der Waals surface area contributed by atoms with Crippen molar-refractivity contribution in [1.82, 2.24) is 10.2 Å². The van der Waals surface area contributed by atoms with Crippen LogP contribution in [0.2, 0.25) is 0 Å². The maximum Gasteiger partial charge on any atom is 0.244 e. The number of allylic oxidation sites excluding steroid dienone is 1. The maximum atomic E-state index is 9.99. The number of rotatable bonds is 3. The number of benzene rings is 2. The molecule has 1 aromatic heterocycles. The average Bonchev–Trinajstić information content (AvgIpc) is 3.39. The predicted molar refractivity (Wildman–Crippen MR) is 104 cm³/mol. The molecule has 1 atom stereocenters. The molecule has 9 heteroatoms. The molecular formula is C21H16N4O5. The maximum absolute atomic E-state index is 9.99. The molecule has 2 aromatic carbocycles. The van der Waals surface area contributed by atoms with Gasteiger partial charge in [0.1, 0.15) is 11.6 Å². The van der Waals surface area contributed by atoms with Crippen LogP contribution in [0.4, 0.5) is 0 Å². The number of fused-ring (bicyclic) bond motifs is 2. The smallest absolute Gasteiger partial charge is 0.244 e. The van der Waals surface area contributed by atoms with Crippen LogP contribution in [0.5, 0.6) is 28.9 Å². The van der Waals surface area contributed by atoms with Gasteiger partial charge in [-0.1, -0.05) is 6.07 Å². The molecule has 9 nitrogen and oxygen atoms in total. The van der Waals surface area contributed by atoms with Crippen LogP contribution in [0.25, 0.3) is 11.3 Å². The fraction of sp³-hybridized carbons (Fsp3) is 0.143. The Balaban J connectivity index is 1.71. The van der Waals surface area contributed by atoms with E-state index in [2.05, 4.69) is 16.3 Å². The minimum atomic E-state index is -0.576. The van der Waals surface area contributed by atoms with Crippen molar-refractivity contribution in [2.75, 3.05) is 13.9 Å². The number of phenolic OH excluding ortho intramolecular Hbond substituents is 1. The van der Waals surface area contributed by atoms with Crippen LogP contribution >= 0.6 is 0 Å². The lowest BCUT2D eigenvalue weighted by molar-refractivity contribution is 0.174. The van der Waals surface area contributed by atoms with Gasteiger partial charge in [0, 0.05) is 5.56 Å². The van der Waals surface area contributed by atoms with Crippen LogP contribution in [0.1, 0.15) is 17.0 Å². The van der Waals surface area contributed by atoms with Gasteiger partial charge in [0.25, 0.3) is 0 Å². The van der Waals surface area contributed by atoms with E-state index in [0.29, 0.717) is 28.3 Å². The summed E-state index contributed by atoms with van der Waals surface area (Å²) in [6.07, 6.45) is 0. The Labute approximate surface area is 170 Å². The number of aromatic hydroxyl groups is 1. The summed E-state index contributed by atoms with van der Waals surface area (Å²) in [6.45, 7) is 0.163. The second-order valence-corrected chi connectivity index (χ2v) is 6.74. The summed E-state index contributed by atoms with van der Waals surface area (Å²) in [5.41, 5.74) is 9.03. The standard InChI is InChI=1S/C21H16N4O5/c1-27-15-6-10(2-4-13(15)26)17-12(8-22)20(23)30-21-18(17)19(24-25-21)11-3-5-14-16(7-11)29-9-28-14/h2-7,17,26H,9,23H2,1H3,(H,24,25)/t17-/m1/s1. The summed E-state index contributed by atoms with van der Waals surface area (Å²) in [5.74, 6) is 1.22. The molecule has 0 spiro atoms. The van der Waals surface area contributed by atoms with Crippen molar-refractivity contribution in [2.45, 2.75) is 5.92 Å². The number of nitriles is 1. The summed E-state index contributed by atoms with van der Waals surface area (Å²) in [7, 11) is 1.46. The van der Waals surface area contributed by atoms with Gasteiger partial charge in [-0.25, -0.2) is 0 Å². The molecule has 30 heavy (non-hydrogen) atoms. The van der Waals surface area contributed by atoms with Gasteiger partial charge in [-0.2, -0.15) is 5.26 Å². The number of hydrogen-bond acceptors (Lipinski definition) is 8. The molecule has 0 radical (unpaired) electrons. The summed E-state index contributed by atoms with van der Waals surface area (Å²) in [6, 6.07) is 12.5. The van der Waals surface area contributed by atoms with Crippen molar-refractivity contribution in [3.8, 4) is 46.2 Å². The summed E-state index contributed by atoms with van der Waals surface area (Å²) >= 11 is 0. The first-order chi connectivity index (χ1) is 14.6. The molecule has 2 aliphatic heterocycles. The third-order valence-electron chi connectivity index (χ3n) is 5.14. The van der Waals surface area contributed by atoms with E-state index in [1.165, 1.54) is 13.2 Å². The molecule has 4 N–H and O–H groups in total. The number of H-pyrrole nitrogens is 1. The van der Waals surface area contributed by atoms with Gasteiger partial charge in [-0.15, -0.1) is 5.10 Å². The highest BCUT2D eigenvalue weighted by Gasteiger charge is 2.36. The number of aromatic amines is 1. The van der Waals surface area contributed by atoms with Gasteiger partial charge in [0.05, 0.1) is 24.3 Å². The zero-order valence-electron chi connectivity index (χ0n) is 15.8. The molecule has 0 fully saturated rings. The molecule has 0 bridgehead atoms. The summed E-state index contributed by atoms with van der Waals surface area (Å²) in [5, 5.41) is 27.0. The average molecular weight is 404 g/mol. The number of nitrogens with one attached hydrogen (secondary N) is 1. The lowest BCUT2D eigenvalue weighted by Gasteiger charge is -2.24. The molecule has 0 saturated carbocycles. The van der Waals surface area contributed by atoms with E-state index >= 15 is 0 Å². The Morgan fingerprint density at radius 1 is 1.23 bits per heavy atom. The highest BCUT2D eigenvalue weighted by molar-refractivity contribution is 5.73. The molecule has 3 aromatic rings. The first-order valence-corrected chi connectivity index (χ1v) is 9.03. The van der Waals surface area contributed by atoms with Gasteiger partial charge in [-0.05, 0) is 35.9 Å². The Morgan fingerprint density at radius 3 is 2.87 bits per heavy atom. The summed E-state index contributed by atoms with van der Waals surface area (Å²) in [4.78, 5) is 0. The van der Waals surface area contributed by atoms with Crippen molar-refractivity contribution in [2.24, 2.45) is 5.73 Å². The van der Waals surface area contributed by atoms with Crippen LogP contribution in [-0.4, -0.2) is 29.2 Å². The Hall–Kier alpha value is -4.32. The Bertz CT molecular complexity index is 1240. The van der Waals surface area contributed by atoms with E-state index in [1.807, 2.05) is 18.2 Å². The summed E-state index contributed by atoms with van der Waals surface area (Å²) < 4.78 is 21.7. The van der Waals surface area contributed by atoms with Crippen molar-refractivity contribution in [1.29, 1.82) is 5.26 Å². The highest BCUT2D eigenvalue weighted by atomic mass is 16.7. The lowest BCUT2D eigenvalue weighted by Crippen LogP contribution is -2.21.